The second-order valence-electron chi connectivity index (χ2n) is 5.00. The standard InChI is InChI=1S/C15H19N3O/c1-18-7-6-17-15(18)13(10-16)11-4-5-14-12(9-11)3-2-8-19-14/h4-7,9,13H,2-3,8,10,16H2,1H3. The van der Waals surface area contributed by atoms with Crippen LogP contribution in [-0.4, -0.2) is 22.7 Å². The summed E-state index contributed by atoms with van der Waals surface area (Å²) in [4.78, 5) is 4.43. The van der Waals surface area contributed by atoms with E-state index >= 15 is 0 Å². The highest BCUT2D eigenvalue weighted by molar-refractivity contribution is 5.41. The number of aryl methyl sites for hydroxylation is 2. The lowest BCUT2D eigenvalue weighted by atomic mass is 9.94. The van der Waals surface area contributed by atoms with Crippen molar-refractivity contribution in [3.05, 3.63) is 47.5 Å². The van der Waals surface area contributed by atoms with Gasteiger partial charge >= 0.3 is 0 Å². The number of benzene rings is 1. The minimum atomic E-state index is 0.146. The number of nitrogens with zero attached hydrogens (tertiary/aromatic N) is 2. The van der Waals surface area contributed by atoms with Crippen LogP contribution in [0.2, 0.25) is 0 Å². The Hall–Kier alpha value is -1.81. The minimum absolute atomic E-state index is 0.146. The number of ether oxygens (including phenoxy) is 1. The Morgan fingerprint density at radius 3 is 3.11 bits per heavy atom. The zero-order chi connectivity index (χ0) is 13.2. The van der Waals surface area contributed by atoms with Gasteiger partial charge in [0.05, 0.1) is 12.5 Å². The zero-order valence-corrected chi connectivity index (χ0v) is 11.2. The SMILES string of the molecule is Cn1ccnc1C(CN)c1ccc2c(c1)CCCO2. The fraction of sp³-hybridized carbons (Fsp3) is 0.400. The normalized spacial score (nSPS) is 15.7. The van der Waals surface area contributed by atoms with E-state index in [-0.39, 0.29) is 5.92 Å². The van der Waals surface area contributed by atoms with E-state index in [1.165, 1.54) is 11.1 Å². The number of rotatable bonds is 3. The van der Waals surface area contributed by atoms with E-state index in [4.69, 9.17) is 10.5 Å². The monoisotopic (exact) mass is 257 g/mol. The molecule has 1 aliphatic rings. The number of hydrogen-bond donors (Lipinski definition) is 1. The molecule has 100 valence electrons. The van der Waals surface area contributed by atoms with Gasteiger partial charge in [-0.3, -0.25) is 0 Å². The van der Waals surface area contributed by atoms with E-state index < -0.39 is 0 Å². The number of imidazole rings is 1. The Balaban J connectivity index is 1.98. The molecule has 1 aromatic heterocycles. The second-order valence-corrected chi connectivity index (χ2v) is 5.00. The third-order valence-corrected chi connectivity index (χ3v) is 3.74. The van der Waals surface area contributed by atoms with E-state index in [0.717, 1.165) is 31.0 Å². The van der Waals surface area contributed by atoms with Crippen molar-refractivity contribution in [3.8, 4) is 5.75 Å². The maximum absolute atomic E-state index is 5.96. The summed E-state index contributed by atoms with van der Waals surface area (Å²) in [7, 11) is 2.01. The molecular weight excluding hydrogens is 238 g/mol. The topological polar surface area (TPSA) is 53.1 Å². The van der Waals surface area contributed by atoms with Crippen LogP contribution in [0.15, 0.2) is 30.6 Å². The van der Waals surface area contributed by atoms with Crippen LogP contribution in [0.1, 0.15) is 29.3 Å². The second kappa shape index (κ2) is 5.05. The van der Waals surface area contributed by atoms with Gasteiger partial charge in [-0.1, -0.05) is 12.1 Å². The highest BCUT2D eigenvalue weighted by Gasteiger charge is 2.19. The van der Waals surface area contributed by atoms with Crippen molar-refractivity contribution in [1.29, 1.82) is 0 Å². The Morgan fingerprint density at radius 2 is 2.37 bits per heavy atom. The molecule has 19 heavy (non-hydrogen) atoms. The predicted molar refractivity (Wildman–Crippen MR) is 74.4 cm³/mol. The van der Waals surface area contributed by atoms with Gasteiger partial charge in [-0.25, -0.2) is 4.98 Å². The van der Waals surface area contributed by atoms with Crippen LogP contribution in [0.4, 0.5) is 0 Å². The minimum Gasteiger partial charge on any atom is -0.493 e. The molecule has 1 atom stereocenters. The molecule has 1 aromatic carbocycles. The van der Waals surface area contributed by atoms with Gasteiger partial charge in [0.2, 0.25) is 0 Å². The lowest BCUT2D eigenvalue weighted by Crippen LogP contribution is -2.18. The van der Waals surface area contributed by atoms with Gasteiger partial charge in [-0.2, -0.15) is 0 Å². The molecule has 0 aliphatic carbocycles. The van der Waals surface area contributed by atoms with E-state index in [9.17, 15) is 0 Å². The van der Waals surface area contributed by atoms with Crippen molar-refractivity contribution in [2.45, 2.75) is 18.8 Å². The van der Waals surface area contributed by atoms with Gasteiger partial charge in [-0.05, 0) is 30.0 Å². The van der Waals surface area contributed by atoms with Crippen LogP contribution in [0.25, 0.3) is 0 Å². The molecule has 0 bridgehead atoms. The molecule has 0 fully saturated rings. The van der Waals surface area contributed by atoms with Crippen LogP contribution in [0, 0.1) is 0 Å². The fourth-order valence-electron chi connectivity index (χ4n) is 2.70. The molecular formula is C15H19N3O. The van der Waals surface area contributed by atoms with Crippen LogP contribution in [0.5, 0.6) is 5.75 Å². The molecule has 4 nitrogen and oxygen atoms in total. The van der Waals surface area contributed by atoms with Crippen LogP contribution < -0.4 is 10.5 Å². The van der Waals surface area contributed by atoms with Crippen LogP contribution in [-0.2, 0) is 13.5 Å². The first-order valence-corrected chi connectivity index (χ1v) is 6.72. The van der Waals surface area contributed by atoms with E-state index in [1.807, 2.05) is 24.0 Å². The third kappa shape index (κ3) is 2.24. The van der Waals surface area contributed by atoms with Gasteiger partial charge in [-0.15, -0.1) is 0 Å². The van der Waals surface area contributed by atoms with E-state index in [1.54, 1.807) is 0 Å². The Labute approximate surface area is 113 Å². The average molecular weight is 257 g/mol. The van der Waals surface area contributed by atoms with Crippen LogP contribution >= 0.6 is 0 Å². The number of hydrogen-bond acceptors (Lipinski definition) is 3. The summed E-state index contributed by atoms with van der Waals surface area (Å²) in [5.74, 6) is 2.18. The highest BCUT2D eigenvalue weighted by atomic mass is 16.5. The maximum atomic E-state index is 5.96. The molecule has 0 spiro atoms. The van der Waals surface area contributed by atoms with E-state index in [0.29, 0.717) is 6.54 Å². The first-order valence-electron chi connectivity index (χ1n) is 6.72. The van der Waals surface area contributed by atoms with Crippen molar-refractivity contribution in [2.75, 3.05) is 13.2 Å². The summed E-state index contributed by atoms with van der Waals surface area (Å²) in [5, 5.41) is 0. The first-order chi connectivity index (χ1) is 9.29. The summed E-state index contributed by atoms with van der Waals surface area (Å²) in [6.45, 7) is 1.39. The zero-order valence-electron chi connectivity index (χ0n) is 11.2. The average Bonchev–Trinajstić information content (AvgIpc) is 2.86. The smallest absolute Gasteiger partial charge is 0.122 e. The Bertz CT molecular complexity index is 577. The van der Waals surface area contributed by atoms with Crippen molar-refractivity contribution in [1.82, 2.24) is 9.55 Å². The van der Waals surface area contributed by atoms with Gasteiger partial charge in [0, 0.05) is 26.0 Å². The first kappa shape index (κ1) is 12.2. The molecule has 0 saturated heterocycles. The maximum Gasteiger partial charge on any atom is 0.122 e. The fourth-order valence-corrected chi connectivity index (χ4v) is 2.70. The molecule has 4 heteroatoms. The summed E-state index contributed by atoms with van der Waals surface area (Å²) in [5.41, 5.74) is 8.47. The third-order valence-electron chi connectivity index (χ3n) is 3.74. The lowest BCUT2D eigenvalue weighted by molar-refractivity contribution is 0.288. The van der Waals surface area contributed by atoms with Gasteiger partial charge in [0.15, 0.2) is 0 Å². The largest absolute Gasteiger partial charge is 0.493 e. The predicted octanol–water partition coefficient (Wildman–Crippen LogP) is 1.84. The molecule has 2 N–H and O–H groups in total. The van der Waals surface area contributed by atoms with Gasteiger partial charge in [0.1, 0.15) is 11.6 Å². The molecule has 0 radical (unpaired) electrons. The quantitative estimate of drug-likeness (QED) is 0.912. The number of fused-ring (bicyclic) bond motifs is 1. The van der Waals surface area contributed by atoms with Crippen LogP contribution in [0.3, 0.4) is 0 Å². The number of aromatic nitrogens is 2. The molecule has 2 heterocycles. The lowest BCUT2D eigenvalue weighted by Gasteiger charge is -2.21. The van der Waals surface area contributed by atoms with Crippen molar-refractivity contribution in [3.63, 3.8) is 0 Å². The summed E-state index contributed by atoms with van der Waals surface area (Å²) >= 11 is 0. The molecule has 2 aromatic rings. The van der Waals surface area contributed by atoms with Crippen molar-refractivity contribution in [2.24, 2.45) is 12.8 Å². The van der Waals surface area contributed by atoms with E-state index in [2.05, 4.69) is 23.2 Å². The van der Waals surface area contributed by atoms with Crippen molar-refractivity contribution >= 4 is 0 Å². The molecule has 0 saturated carbocycles. The molecule has 0 amide bonds. The number of nitrogens with two attached hydrogens (primary N) is 1. The molecule has 3 rings (SSSR count). The van der Waals surface area contributed by atoms with Crippen molar-refractivity contribution < 1.29 is 4.74 Å². The Morgan fingerprint density at radius 1 is 1.47 bits per heavy atom. The summed E-state index contributed by atoms with van der Waals surface area (Å²) in [6.07, 6.45) is 5.95. The van der Waals surface area contributed by atoms with Gasteiger partial charge in [0.25, 0.3) is 0 Å². The summed E-state index contributed by atoms with van der Waals surface area (Å²) < 4.78 is 7.69. The molecule has 1 aliphatic heterocycles. The summed E-state index contributed by atoms with van der Waals surface area (Å²) in [6, 6.07) is 6.40. The Kier molecular flexibility index (Phi) is 3.25. The highest BCUT2D eigenvalue weighted by Crippen LogP contribution is 2.30. The molecule has 1 unspecified atom stereocenters. The van der Waals surface area contributed by atoms with Gasteiger partial charge < -0.3 is 15.0 Å².